The molecule has 7 nitrogen and oxygen atoms in total. The second kappa shape index (κ2) is 6.86. The van der Waals surface area contributed by atoms with Crippen LogP contribution in [0.5, 0.6) is 0 Å². The summed E-state index contributed by atoms with van der Waals surface area (Å²) in [6.07, 6.45) is 3.66. The first-order valence-electron chi connectivity index (χ1n) is 6.68. The fourth-order valence-corrected chi connectivity index (χ4v) is 2.78. The van der Waals surface area contributed by atoms with Gasteiger partial charge in [0.05, 0.1) is 11.1 Å². The zero-order valence-corrected chi connectivity index (χ0v) is 13.3. The molecule has 1 rings (SSSR count). The molecule has 4 N–H and O–H groups in total. The first-order valence-corrected chi connectivity index (χ1v) is 8.16. The van der Waals surface area contributed by atoms with Gasteiger partial charge in [0, 0.05) is 25.5 Å². The Morgan fingerprint density at radius 2 is 2.10 bits per heavy atom. The molecular weight excluding hydrogens is 292 g/mol. The number of nitrogens with two attached hydrogens (primary N) is 1. The van der Waals surface area contributed by atoms with E-state index in [1.807, 2.05) is 6.92 Å². The molecule has 0 aliphatic heterocycles. The number of carbonyl (C=O) groups excluding carboxylic acids is 1. The van der Waals surface area contributed by atoms with E-state index in [2.05, 4.69) is 15.0 Å². The Morgan fingerprint density at radius 3 is 2.67 bits per heavy atom. The molecule has 0 bridgehead atoms. The van der Waals surface area contributed by atoms with Crippen LogP contribution >= 0.6 is 0 Å². The van der Waals surface area contributed by atoms with Crippen molar-refractivity contribution in [2.24, 2.45) is 11.1 Å². The second-order valence-electron chi connectivity index (χ2n) is 5.37. The second-order valence-corrected chi connectivity index (χ2v) is 7.11. The van der Waals surface area contributed by atoms with Crippen LogP contribution < -0.4 is 15.8 Å². The smallest absolute Gasteiger partial charge is 0.244 e. The number of rotatable bonds is 8. The summed E-state index contributed by atoms with van der Waals surface area (Å²) in [5, 5.41) is 3.04. The number of aromatic nitrogens is 1. The first-order chi connectivity index (χ1) is 9.70. The van der Waals surface area contributed by atoms with Gasteiger partial charge in [0.1, 0.15) is 4.90 Å². The van der Waals surface area contributed by atoms with E-state index in [4.69, 9.17) is 5.73 Å². The third-order valence-corrected chi connectivity index (χ3v) is 4.44. The van der Waals surface area contributed by atoms with Crippen molar-refractivity contribution in [1.29, 1.82) is 0 Å². The van der Waals surface area contributed by atoms with E-state index in [1.54, 1.807) is 19.9 Å². The monoisotopic (exact) mass is 314 g/mol. The van der Waals surface area contributed by atoms with Gasteiger partial charge >= 0.3 is 0 Å². The van der Waals surface area contributed by atoms with Gasteiger partial charge in [-0.1, -0.05) is 6.92 Å². The molecule has 21 heavy (non-hydrogen) atoms. The van der Waals surface area contributed by atoms with Crippen LogP contribution in [-0.2, 0) is 14.8 Å². The molecule has 118 valence electrons. The van der Waals surface area contributed by atoms with Crippen LogP contribution in [0.1, 0.15) is 27.2 Å². The highest BCUT2D eigenvalue weighted by molar-refractivity contribution is 7.89. The lowest BCUT2D eigenvalue weighted by Crippen LogP contribution is -2.42. The minimum atomic E-state index is -3.77. The Hall–Kier alpha value is -1.67. The molecule has 8 heteroatoms. The van der Waals surface area contributed by atoms with E-state index in [-0.39, 0.29) is 11.4 Å². The average molecular weight is 314 g/mol. The highest BCUT2D eigenvalue weighted by Crippen LogP contribution is 2.21. The van der Waals surface area contributed by atoms with Gasteiger partial charge < -0.3 is 11.1 Å². The minimum Gasteiger partial charge on any atom is -0.384 e. The fourth-order valence-electron chi connectivity index (χ4n) is 1.44. The van der Waals surface area contributed by atoms with Gasteiger partial charge in [-0.15, -0.1) is 0 Å². The standard InChI is InChI=1S/C13H22N4O3S/c1-4-6-16-10-5-7-15-8-11(10)21(19,20)17-9-13(2,3)12(14)18/h5,7-8,17H,4,6,9H2,1-3H3,(H2,14,18)(H,15,16). The van der Waals surface area contributed by atoms with Crippen LogP contribution in [0.4, 0.5) is 5.69 Å². The van der Waals surface area contributed by atoms with Crippen LogP contribution in [0.25, 0.3) is 0 Å². The van der Waals surface area contributed by atoms with E-state index in [9.17, 15) is 13.2 Å². The number of amides is 1. The predicted molar refractivity (Wildman–Crippen MR) is 81.2 cm³/mol. The molecule has 1 heterocycles. The van der Waals surface area contributed by atoms with Crippen LogP contribution in [0.2, 0.25) is 0 Å². The molecule has 0 saturated carbocycles. The fraction of sp³-hybridized carbons (Fsp3) is 0.538. The summed E-state index contributed by atoms with van der Waals surface area (Å²) in [6.45, 7) is 5.72. The van der Waals surface area contributed by atoms with E-state index in [1.165, 1.54) is 12.4 Å². The third-order valence-electron chi connectivity index (χ3n) is 3.01. The summed E-state index contributed by atoms with van der Waals surface area (Å²) < 4.78 is 27.1. The van der Waals surface area contributed by atoms with Gasteiger partial charge in [-0.05, 0) is 26.3 Å². The highest BCUT2D eigenvalue weighted by atomic mass is 32.2. The predicted octanol–water partition coefficient (Wildman–Crippen LogP) is 0.693. The summed E-state index contributed by atoms with van der Waals surface area (Å²) in [5.74, 6) is -0.569. The van der Waals surface area contributed by atoms with Gasteiger partial charge in [0.25, 0.3) is 0 Å². The molecule has 0 atom stereocenters. The number of carbonyl (C=O) groups is 1. The quantitative estimate of drug-likeness (QED) is 0.653. The van der Waals surface area contributed by atoms with Crippen molar-refractivity contribution >= 4 is 21.6 Å². The Kier molecular flexibility index (Phi) is 5.68. The molecule has 1 amide bonds. The molecule has 0 unspecified atom stereocenters. The Morgan fingerprint density at radius 1 is 1.43 bits per heavy atom. The third kappa shape index (κ3) is 4.68. The van der Waals surface area contributed by atoms with Gasteiger partial charge in [-0.2, -0.15) is 0 Å². The highest BCUT2D eigenvalue weighted by Gasteiger charge is 2.28. The number of hydrogen-bond donors (Lipinski definition) is 3. The van der Waals surface area contributed by atoms with Crippen LogP contribution in [0.3, 0.4) is 0 Å². The summed E-state index contributed by atoms with van der Waals surface area (Å²) in [6, 6.07) is 1.60. The van der Waals surface area contributed by atoms with Crippen molar-refractivity contribution in [3.63, 3.8) is 0 Å². The maximum absolute atomic E-state index is 12.3. The van der Waals surface area contributed by atoms with Crippen molar-refractivity contribution in [1.82, 2.24) is 9.71 Å². The van der Waals surface area contributed by atoms with Crippen LogP contribution in [0, 0.1) is 5.41 Å². The van der Waals surface area contributed by atoms with Gasteiger partial charge in [0.15, 0.2) is 0 Å². The molecule has 0 aromatic carbocycles. The largest absolute Gasteiger partial charge is 0.384 e. The maximum atomic E-state index is 12.3. The SMILES string of the molecule is CCCNc1ccncc1S(=O)(=O)NCC(C)(C)C(N)=O. The topological polar surface area (TPSA) is 114 Å². The maximum Gasteiger partial charge on any atom is 0.244 e. The molecule has 0 spiro atoms. The van der Waals surface area contributed by atoms with Gasteiger partial charge in [0.2, 0.25) is 15.9 Å². The molecule has 1 aromatic heterocycles. The van der Waals surface area contributed by atoms with Crippen molar-refractivity contribution in [3.8, 4) is 0 Å². The summed E-state index contributed by atoms with van der Waals surface area (Å²) in [7, 11) is -3.77. The van der Waals surface area contributed by atoms with Gasteiger partial charge in [-0.25, -0.2) is 13.1 Å². The lowest BCUT2D eigenvalue weighted by molar-refractivity contribution is -0.125. The van der Waals surface area contributed by atoms with E-state index < -0.39 is 21.3 Å². The Bertz CT molecular complexity index is 599. The number of primary amides is 1. The molecular formula is C13H22N4O3S. The number of sulfonamides is 1. The first kappa shape index (κ1) is 17.4. The number of hydrogen-bond acceptors (Lipinski definition) is 5. The summed E-state index contributed by atoms with van der Waals surface area (Å²) in [5.41, 5.74) is 4.75. The van der Waals surface area contributed by atoms with E-state index in [0.717, 1.165) is 6.42 Å². The number of nitrogens with zero attached hydrogens (tertiary/aromatic N) is 1. The number of nitrogens with one attached hydrogen (secondary N) is 2. The minimum absolute atomic E-state index is 0.0544. The normalized spacial score (nSPS) is 12.1. The summed E-state index contributed by atoms with van der Waals surface area (Å²) in [4.78, 5) is 15.1. The number of pyridine rings is 1. The van der Waals surface area contributed by atoms with Gasteiger partial charge in [-0.3, -0.25) is 9.78 Å². The molecule has 0 aliphatic rings. The van der Waals surface area contributed by atoms with Crippen LogP contribution in [0.15, 0.2) is 23.4 Å². The van der Waals surface area contributed by atoms with E-state index in [0.29, 0.717) is 12.2 Å². The zero-order chi connectivity index (χ0) is 16.1. The molecule has 0 radical (unpaired) electrons. The molecule has 0 aliphatic carbocycles. The molecule has 1 aromatic rings. The molecule has 0 fully saturated rings. The lowest BCUT2D eigenvalue weighted by Gasteiger charge is -2.21. The molecule has 0 saturated heterocycles. The van der Waals surface area contributed by atoms with Crippen molar-refractivity contribution in [3.05, 3.63) is 18.5 Å². The Labute approximate surface area is 125 Å². The van der Waals surface area contributed by atoms with Crippen molar-refractivity contribution in [2.45, 2.75) is 32.1 Å². The zero-order valence-electron chi connectivity index (χ0n) is 12.5. The average Bonchev–Trinajstić information content (AvgIpc) is 2.43. The van der Waals surface area contributed by atoms with Crippen LogP contribution in [-0.4, -0.2) is 32.4 Å². The van der Waals surface area contributed by atoms with Crippen molar-refractivity contribution < 1.29 is 13.2 Å². The van der Waals surface area contributed by atoms with Crippen molar-refractivity contribution in [2.75, 3.05) is 18.4 Å². The number of anilines is 1. The Balaban J connectivity index is 2.96. The van der Waals surface area contributed by atoms with E-state index >= 15 is 0 Å². The lowest BCUT2D eigenvalue weighted by atomic mass is 9.93. The summed E-state index contributed by atoms with van der Waals surface area (Å²) >= 11 is 0.